The van der Waals surface area contributed by atoms with E-state index in [0.717, 1.165) is 80.1 Å². The van der Waals surface area contributed by atoms with E-state index in [1.807, 2.05) is 42.5 Å². The number of carbonyl (C=O) groups excluding carboxylic acids is 2. The van der Waals surface area contributed by atoms with Crippen LogP contribution in [0, 0.1) is 0 Å². The van der Waals surface area contributed by atoms with Crippen LogP contribution in [0.15, 0.2) is 42.5 Å². The van der Waals surface area contributed by atoms with Crippen LogP contribution in [0.1, 0.15) is 126 Å². The predicted molar refractivity (Wildman–Crippen MR) is 200 cm³/mol. The minimum Gasteiger partial charge on any atom is -0.493 e. The molecule has 0 unspecified atom stereocenters. The van der Waals surface area contributed by atoms with Gasteiger partial charge in [0, 0.05) is 18.5 Å². The second-order valence-corrected chi connectivity index (χ2v) is 13.0. The highest BCUT2D eigenvalue weighted by atomic mass is 16.5. The second-order valence-electron chi connectivity index (χ2n) is 13.0. The van der Waals surface area contributed by atoms with E-state index in [1.54, 1.807) is 0 Å². The van der Waals surface area contributed by atoms with Crippen molar-refractivity contribution in [3.63, 3.8) is 0 Å². The van der Waals surface area contributed by atoms with Gasteiger partial charge in [0.1, 0.15) is 5.75 Å². The summed E-state index contributed by atoms with van der Waals surface area (Å²) in [7, 11) is 0. The molecule has 0 amide bonds. The SMILES string of the molecule is CCCCN(CCCC)CCCOC(=O)c1ccc2c(c1)cc(OCCC)c1cc(C(=O)OCCCN(CCCC)CCCC)ccc12. The highest BCUT2D eigenvalue weighted by Crippen LogP contribution is 2.35. The summed E-state index contributed by atoms with van der Waals surface area (Å²) in [4.78, 5) is 31.1. The number of benzene rings is 3. The molecular weight excluding hydrogens is 600 g/mol. The van der Waals surface area contributed by atoms with Gasteiger partial charge in [-0.2, -0.15) is 0 Å². The van der Waals surface area contributed by atoms with Gasteiger partial charge >= 0.3 is 11.9 Å². The molecule has 3 rings (SSSR count). The van der Waals surface area contributed by atoms with E-state index in [9.17, 15) is 9.59 Å². The topological polar surface area (TPSA) is 68.3 Å². The van der Waals surface area contributed by atoms with Crippen LogP contribution in [0.3, 0.4) is 0 Å². The van der Waals surface area contributed by atoms with Crippen molar-refractivity contribution in [2.45, 2.75) is 105 Å². The molecule has 0 aliphatic carbocycles. The van der Waals surface area contributed by atoms with Crippen molar-refractivity contribution in [2.24, 2.45) is 0 Å². The molecule has 0 radical (unpaired) electrons. The first-order valence-corrected chi connectivity index (χ1v) is 18.9. The monoisotopic (exact) mass is 662 g/mol. The second kappa shape index (κ2) is 22.5. The predicted octanol–water partition coefficient (Wildman–Crippen LogP) is 9.68. The van der Waals surface area contributed by atoms with Crippen molar-refractivity contribution >= 4 is 33.5 Å². The number of nitrogens with zero attached hydrogens (tertiary/aromatic N) is 2. The van der Waals surface area contributed by atoms with Crippen LogP contribution in [-0.4, -0.2) is 80.8 Å². The molecule has 0 N–H and O–H groups in total. The molecule has 0 atom stereocenters. The fourth-order valence-corrected chi connectivity index (χ4v) is 5.99. The van der Waals surface area contributed by atoms with Gasteiger partial charge in [0.15, 0.2) is 0 Å². The number of fused-ring (bicyclic) bond motifs is 3. The number of hydrogen-bond acceptors (Lipinski definition) is 7. The third-order valence-corrected chi connectivity index (χ3v) is 8.86. The molecule has 7 nitrogen and oxygen atoms in total. The Morgan fingerprint density at radius 3 is 1.44 bits per heavy atom. The van der Waals surface area contributed by atoms with Crippen LogP contribution in [0.2, 0.25) is 0 Å². The lowest BCUT2D eigenvalue weighted by atomic mass is 9.97. The number of unbranched alkanes of at least 4 members (excludes halogenated alkanes) is 4. The zero-order valence-corrected chi connectivity index (χ0v) is 30.6. The van der Waals surface area contributed by atoms with E-state index in [1.165, 1.54) is 51.4 Å². The van der Waals surface area contributed by atoms with E-state index in [0.29, 0.717) is 36.7 Å². The maximum atomic E-state index is 13.1. The standard InChI is InChI=1S/C41H62N2O5/c1-6-11-21-42(22-12-7-2)25-15-28-47-40(44)33-17-19-36-35(30-33)32-39(46-27-10-5)38-31-34(18-20-37(36)38)41(45)48-29-16-26-43(23-13-8-3)24-14-9-4/h17-20,30-32H,6-16,21-29H2,1-5H3. The first kappa shape index (κ1) is 39.3. The molecule has 48 heavy (non-hydrogen) atoms. The molecule has 3 aromatic rings. The summed E-state index contributed by atoms with van der Waals surface area (Å²) in [5.74, 6) is 0.0731. The molecular formula is C41H62N2O5. The highest BCUT2D eigenvalue weighted by Gasteiger charge is 2.16. The summed E-state index contributed by atoms with van der Waals surface area (Å²) in [6.07, 6.45) is 12.0. The van der Waals surface area contributed by atoms with Gasteiger partial charge in [-0.25, -0.2) is 9.59 Å². The van der Waals surface area contributed by atoms with Gasteiger partial charge < -0.3 is 24.0 Å². The smallest absolute Gasteiger partial charge is 0.338 e. The molecule has 0 aliphatic heterocycles. The molecule has 0 saturated carbocycles. The molecule has 0 bridgehead atoms. The molecule has 7 heteroatoms. The highest BCUT2D eigenvalue weighted by molar-refractivity contribution is 6.13. The summed E-state index contributed by atoms with van der Waals surface area (Å²) in [6, 6.07) is 13.3. The molecule has 0 saturated heterocycles. The lowest BCUT2D eigenvalue weighted by Crippen LogP contribution is -2.28. The van der Waals surface area contributed by atoms with Gasteiger partial charge in [-0.15, -0.1) is 0 Å². The Bertz CT molecular complexity index is 1370. The van der Waals surface area contributed by atoms with Crippen LogP contribution in [-0.2, 0) is 9.47 Å². The zero-order valence-electron chi connectivity index (χ0n) is 30.6. The summed E-state index contributed by atoms with van der Waals surface area (Å²) in [6.45, 7) is 18.6. The Morgan fingerprint density at radius 1 is 0.500 bits per heavy atom. The van der Waals surface area contributed by atoms with E-state index in [-0.39, 0.29) is 11.9 Å². The minimum atomic E-state index is -0.316. The zero-order chi connectivity index (χ0) is 34.6. The summed E-state index contributed by atoms with van der Waals surface area (Å²) < 4.78 is 17.6. The van der Waals surface area contributed by atoms with Crippen molar-refractivity contribution in [1.82, 2.24) is 9.80 Å². The minimum absolute atomic E-state index is 0.307. The summed E-state index contributed by atoms with van der Waals surface area (Å²) >= 11 is 0. The van der Waals surface area contributed by atoms with Crippen LogP contribution in [0.5, 0.6) is 5.75 Å². The quantitative estimate of drug-likeness (QED) is 0.0508. The fraction of sp³-hybridized carbons (Fsp3) is 0.610. The van der Waals surface area contributed by atoms with Crippen molar-refractivity contribution in [3.05, 3.63) is 53.6 Å². The molecule has 0 fully saturated rings. The van der Waals surface area contributed by atoms with Crippen LogP contribution >= 0.6 is 0 Å². The Morgan fingerprint density at radius 2 is 0.958 bits per heavy atom. The van der Waals surface area contributed by atoms with Gasteiger partial charge in [0.25, 0.3) is 0 Å². The first-order chi connectivity index (χ1) is 23.4. The maximum absolute atomic E-state index is 13.1. The third-order valence-electron chi connectivity index (χ3n) is 8.86. The Kier molecular flexibility index (Phi) is 18.4. The molecule has 0 aliphatic rings. The van der Waals surface area contributed by atoms with Crippen LogP contribution < -0.4 is 4.74 Å². The molecule has 266 valence electrons. The average Bonchev–Trinajstić information content (AvgIpc) is 3.11. The average molecular weight is 663 g/mol. The van der Waals surface area contributed by atoms with Crippen LogP contribution in [0.25, 0.3) is 21.5 Å². The van der Waals surface area contributed by atoms with E-state index in [2.05, 4.69) is 44.4 Å². The largest absolute Gasteiger partial charge is 0.493 e. The molecule has 0 aromatic heterocycles. The Balaban J connectivity index is 1.68. The normalized spacial score (nSPS) is 11.6. The lowest BCUT2D eigenvalue weighted by Gasteiger charge is -2.21. The number of esters is 2. The van der Waals surface area contributed by atoms with Gasteiger partial charge in [-0.3, -0.25) is 0 Å². The lowest BCUT2D eigenvalue weighted by molar-refractivity contribution is 0.0478. The van der Waals surface area contributed by atoms with Gasteiger partial charge in [-0.1, -0.05) is 72.4 Å². The van der Waals surface area contributed by atoms with E-state index >= 15 is 0 Å². The van der Waals surface area contributed by atoms with Gasteiger partial charge in [-0.05, 0) is 118 Å². The van der Waals surface area contributed by atoms with Crippen molar-refractivity contribution in [1.29, 1.82) is 0 Å². The molecule has 3 aromatic carbocycles. The number of ether oxygens (including phenoxy) is 3. The fourth-order valence-electron chi connectivity index (χ4n) is 5.99. The first-order valence-electron chi connectivity index (χ1n) is 18.9. The third kappa shape index (κ3) is 12.7. The van der Waals surface area contributed by atoms with E-state index < -0.39 is 0 Å². The summed E-state index contributed by atoms with van der Waals surface area (Å²) in [5, 5.41) is 3.73. The van der Waals surface area contributed by atoms with Crippen molar-refractivity contribution < 1.29 is 23.8 Å². The van der Waals surface area contributed by atoms with Crippen LogP contribution in [0.4, 0.5) is 0 Å². The number of hydrogen-bond donors (Lipinski definition) is 0. The maximum Gasteiger partial charge on any atom is 0.338 e. The van der Waals surface area contributed by atoms with Gasteiger partial charge in [0.2, 0.25) is 0 Å². The number of carbonyl (C=O) groups is 2. The van der Waals surface area contributed by atoms with Crippen molar-refractivity contribution in [3.8, 4) is 5.75 Å². The summed E-state index contributed by atoms with van der Waals surface area (Å²) in [5.41, 5.74) is 1.04. The Hall–Kier alpha value is -3.16. The van der Waals surface area contributed by atoms with Gasteiger partial charge in [0.05, 0.1) is 30.9 Å². The Labute approximate surface area is 290 Å². The molecule has 0 spiro atoms. The van der Waals surface area contributed by atoms with E-state index in [4.69, 9.17) is 14.2 Å². The molecule has 0 heterocycles. The number of rotatable bonds is 25. The van der Waals surface area contributed by atoms with Crippen molar-refractivity contribution in [2.75, 3.05) is 59.1 Å².